The van der Waals surface area contributed by atoms with E-state index in [1.807, 2.05) is 29.8 Å². The van der Waals surface area contributed by atoms with Gasteiger partial charge in [0.1, 0.15) is 11.6 Å². The molecular weight excluding hydrogens is 202 g/mol. The molecule has 3 aromatic rings. The Balaban J connectivity index is 2.70. The number of aromatic nitrogens is 2. The molecule has 0 aliphatic heterocycles. The predicted molar refractivity (Wildman–Crippen MR) is 64.3 cm³/mol. The molecule has 1 aromatic carbocycles. The number of aryl methyl sites for hydroxylation is 1. The van der Waals surface area contributed by atoms with Gasteiger partial charge < -0.3 is 15.4 Å². The van der Waals surface area contributed by atoms with Gasteiger partial charge in [0.15, 0.2) is 0 Å². The fourth-order valence-corrected chi connectivity index (χ4v) is 2.25. The van der Waals surface area contributed by atoms with Gasteiger partial charge in [-0.2, -0.15) is 0 Å². The Morgan fingerprint density at radius 2 is 1.94 bits per heavy atom. The van der Waals surface area contributed by atoms with Crippen molar-refractivity contribution in [3.8, 4) is 5.75 Å². The van der Waals surface area contributed by atoms with E-state index >= 15 is 0 Å². The van der Waals surface area contributed by atoms with Gasteiger partial charge in [-0.3, -0.25) is 0 Å². The molecule has 80 valence electrons. The number of benzene rings is 1. The first-order chi connectivity index (χ1) is 7.70. The number of nitrogens with zero attached hydrogens (tertiary/aromatic N) is 2. The molecule has 16 heavy (non-hydrogen) atoms. The van der Waals surface area contributed by atoms with Crippen molar-refractivity contribution >= 4 is 27.6 Å². The fourth-order valence-electron chi connectivity index (χ4n) is 2.25. The number of phenolic OH excluding ortho intramolecular Hbond substituents is 1. The Labute approximate surface area is 91.9 Å². The van der Waals surface area contributed by atoms with Crippen LogP contribution in [0, 0.1) is 0 Å². The van der Waals surface area contributed by atoms with Crippen molar-refractivity contribution in [2.24, 2.45) is 7.05 Å². The van der Waals surface area contributed by atoms with E-state index in [1.54, 1.807) is 12.3 Å². The third-order valence-corrected chi connectivity index (χ3v) is 2.93. The Kier molecular flexibility index (Phi) is 1.63. The zero-order chi connectivity index (χ0) is 11.3. The maximum atomic E-state index is 9.86. The van der Waals surface area contributed by atoms with E-state index in [2.05, 4.69) is 4.98 Å². The Hall–Kier alpha value is -2.23. The van der Waals surface area contributed by atoms with E-state index in [0.29, 0.717) is 5.82 Å². The van der Waals surface area contributed by atoms with Crippen LogP contribution in [0.25, 0.3) is 21.8 Å². The summed E-state index contributed by atoms with van der Waals surface area (Å²) in [5, 5.41) is 11.9. The number of nitrogens with two attached hydrogens (primary N) is 1. The molecule has 0 aliphatic rings. The molecule has 2 aromatic heterocycles. The molecule has 0 atom stereocenters. The zero-order valence-electron chi connectivity index (χ0n) is 8.81. The molecule has 3 rings (SSSR count). The molecule has 0 saturated heterocycles. The Bertz CT molecular complexity index is 641. The average Bonchev–Trinajstić information content (AvgIpc) is 2.56. The minimum absolute atomic E-state index is 0.260. The number of nitrogen functional groups attached to an aromatic ring is 1. The van der Waals surface area contributed by atoms with E-state index < -0.39 is 0 Å². The van der Waals surface area contributed by atoms with Crippen LogP contribution in [0.5, 0.6) is 5.75 Å². The molecule has 0 aliphatic carbocycles. The van der Waals surface area contributed by atoms with Crippen molar-refractivity contribution in [3.05, 3.63) is 30.5 Å². The monoisotopic (exact) mass is 213 g/mol. The first-order valence-electron chi connectivity index (χ1n) is 5.00. The van der Waals surface area contributed by atoms with Crippen LogP contribution >= 0.6 is 0 Å². The van der Waals surface area contributed by atoms with Gasteiger partial charge in [0.05, 0.1) is 11.0 Å². The van der Waals surface area contributed by atoms with Crippen molar-refractivity contribution < 1.29 is 5.11 Å². The quantitative estimate of drug-likeness (QED) is 0.600. The van der Waals surface area contributed by atoms with Crippen LogP contribution in [0.2, 0.25) is 0 Å². The lowest BCUT2D eigenvalue weighted by Crippen LogP contribution is -1.95. The normalized spacial score (nSPS) is 11.3. The Morgan fingerprint density at radius 3 is 2.75 bits per heavy atom. The lowest BCUT2D eigenvalue weighted by Gasteiger charge is -2.00. The van der Waals surface area contributed by atoms with Gasteiger partial charge in [-0.1, -0.05) is 12.1 Å². The second-order valence-electron chi connectivity index (χ2n) is 3.82. The third-order valence-electron chi connectivity index (χ3n) is 2.93. The first kappa shape index (κ1) is 9.03. The van der Waals surface area contributed by atoms with Crippen LogP contribution in [-0.2, 0) is 7.05 Å². The van der Waals surface area contributed by atoms with Crippen LogP contribution in [0.4, 0.5) is 5.82 Å². The van der Waals surface area contributed by atoms with Crippen molar-refractivity contribution in [1.29, 1.82) is 0 Å². The molecule has 0 amide bonds. The Morgan fingerprint density at radius 1 is 1.19 bits per heavy atom. The molecule has 2 heterocycles. The summed E-state index contributed by atoms with van der Waals surface area (Å²) < 4.78 is 1.88. The highest BCUT2D eigenvalue weighted by Gasteiger charge is 2.13. The van der Waals surface area contributed by atoms with Gasteiger partial charge in [-0.05, 0) is 12.1 Å². The third kappa shape index (κ3) is 0.957. The van der Waals surface area contributed by atoms with Gasteiger partial charge in [0.2, 0.25) is 0 Å². The van der Waals surface area contributed by atoms with Crippen molar-refractivity contribution in [1.82, 2.24) is 9.55 Å². The fraction of sp³-hybridized carbons (Fsp3) is 0.0833. The summed E-state index contributed by atoms with van der Waals surface area (Å²) in [5.41, 5.74) is 7.51. The van der Waals surface area contributed by atoms with E-state index in [0.717, 1.165) is 21.8 Å². The zero-order valence-corrected chi connectivity index (χ0v) is 8.81. The molecule has 0 radical (unpaired) electrons. The van der Waals surface area contributed by atoms with Gasteiger partial charge in [0, 0.05) is 24.0 Å². The summed E-state index contributed by atoms with van der Waals surface area (Å²) >= 11 is 0. The van der Waals surface area contributed by atoms with Crippen LogP contribution < -0.4 is 5.73 Å². The summed E-state index contributed by atoms with van der Waals surface area (Å²) in [7, 11) is 1.88. The standard InChI is InChI=1S/C12H11N3O/c1-15-10-7(3-2-4-9(10)16)8-5-6-14-12(13)11(8)15/h2-6,16H,1H3,(H2,13,14). The molecule has 0 fully saturated rings. The second kappa shape index (κ2) is 2.88. The summed E-state index contributed by atoms with van der Waals surface area (Å²) in [6, 6.07) is 7.38. The molecule has 0 unspecified atom stereocenters. The van der Waals surface area contributed by atoms with E-state index in [9.17, 15) is 5.11 Å². The highest BCUT2D eigenvalue weighted by Crippen LogP contribution is 2.34. The smallest absolute Gasteiger partial charge is 0.147 e. The molecule has 4 heteroatoms. The SMILES string of the molecule is Cn1c2c(O)cccc2c2ccnc(N)c21. The van der Waals surface area contributed by atoms with Crippen LogP contribution in [0.1, 0.15) is 0 Å². The van der Waals surface area contributed by atoms with Crippen LogP contribution in [-0.4, -0.2) is 14.7 Å². The molecule has 0 bridgehead atoms. The maximum Gasteiger partial charge on any atom is 0.147 e. The topological polar surface area (TPSA) is 64.1 Å². The number of pyridine rings is 1. The number of phenols is 1. The molecule has 4 nitrogen and oxygen atoms in total. The number of aromatic hydroxyl groups is 1. The summed E-state index contributed by atoms with van der Waals surface area (Å²) in [6.45, 7) is 0. The number of fused-ring (bicyclic) bond motifs is 3. The molecule has 0 spiro atoms. The molecule has 3 N–H and O–H groups in total. The van der Waals surface area contributed by atoms with Crippen molar-refractivity contribution in [2.45, 2.75) is 0 Å². The van der Waals surface area contributed by atoms with Gasteiger partial charge >= 0.3 is 0 Å². The number of anilines is 1. The second-order valence-corrected chi connectivity index (χ2v) is 3.82. The average molecular weight is 213 g/mol. The van der Waals surface area contributed by atoms with Gasteiger partial charge in [-0.15, -0.1) is 0 Å². The first-order valence-corrected chi connectivity index (χ1v) is 5.00. The van der Waals surface area contributed by atoms with Gasteiger partial charge in [0.25, 0.3) is 0 Å². The lowest BCUT2D eigenvalue weighted by atomic mass is 10.2. The van der Waals surface area contributed by atoms with Crippen LogP contribution in [0.3, 0.4) is 0 Å². The minimum atomic E-state index is 0.260. The number of rotatable bonds is 0. The van der Waals surface area contributed by atoms with Crippen molar-refractivity contribution in [3.63, 3.8) is 0 Å². The maximum absolute atomic E-state index is 9.86. The predicted octanol–water partition coefficient (Wildman–Crippen LogP) is 2.01. The molecular formula is C12H11N3O. The van der Waals surface area contributed by atoms with Gasteiger partial charge in [-0.25, -0.2) is 4.98 Å². The largest absolute Gasteiger partial charge is 0.506 e. The number of para-hydroxylation sites is 1. The van der Waals surface area contributed by atoms with Crippen LogP contribution in [0.15, 0.2) is 30.5 Å². The highest BCUT2D eigenvalue weighted by atomic mass is 16.3. The summed E-state index contributed by atoms with van der Waals surface area (Å²) in [6.07, 6.45) is 1.68. The summed E-state index contributed by atoms with van der Waals surface area (Å²) in [4.78, 5) is 4.07. The number of hydrogen-bond donors (Lipinski definition) is 2. The highest BCUT2D eigenvalue weighted by molar-refractivity contribution is 6.12. The number of hydrogen-bond acceptors (Lipinski definition) is 3. The van der Waals surface area contributed by atoms with E-state index in [-0.39, 0.29) is 5.75 Å². The lowest BCUT2D eigenvalue weighted by molar-refractivity contribution is 0.479. The van der Waals surface area contributed by atoms with E-state index in [1.165, 1.54) is 0 Å². The minimum Gasteiger partial charge on any atom is -0.506 e. The van der Waals surface area contributed by atoms with E-state index in [4.69, 9.17) is 5.73 Å². The molecule has 0 saturated carbocycles. The van der Waals surface area contributed by atoms with Crippen molar-refractivity contribution in [2.75, 3.05) is 5.73 Å². The summed E-state index contributed by atoms with van der Waals surface area (Å²) in [5.74, 6) is 0.742.